The van der Waals surface area contributed by atoms with Crippen LogP contribution in [0.3, 0.4) is 0 Å². The van der Waals surface area contributed by atoms with E-state index in [9.17, 15) is 18.0 Å². The number of rotatable bonds is 8. The highest BCUT2D eigenvalue weighted by molar-refractivity contribution is 7.89. The predicted molar refractivity (Wildman–Crippen MR) is 123 cm³/mol. The number of ether oxygens (including phenoxy) is 2. The van der Waals surface area contributed by atoms with Gasteiger partial charge in [-0.1, -0.05) is 13.8 Å². The van der Waals surface area contributed by atoms with Crippen LogP contribution < -0.4 is 10.2 Å². The van der Waals surface area contributed by atoms with Crippen molar-refractivity contribution in [3.63, 3.8) is 0 Å². The Kier molecular flexibility index (Phi) is 7.88. The fourth-order valence-electron chi connectivity index (χ4n) is 3.44. The quantitative estimate of drug-likeness (QED) is 0.578. The zero-order chi connectivity index (χ0) is 23.3. The number of amides is 1. The van der Waals surface area contributed by atoms with Crippen molar-refractivity contribution in [1.82, 2.24) is 4.31 Å². The molecule has 0 atom stereocenters. The number of carbonyl (C=O) groups is 2. The molecule has 32 heavy (non-hydrogen) atoms. The molecule has 2 heterocycles. The summed E-state index contributed by atoms with van der Waals surface area (Å²) in [6.07, 6.45) is 0. The summed E-state index contributed by atoms with van der Waals surface area (Å²) in [7, 11) is -2.45. The molecule has 1 aromatic heterocycles. The third-order valence-electron chi connectivity index (χ3n) is 5.14. The van der Waals surface area contributed by atoms with Crippen LogP contribution in [0.1, 0.15) is 33.9 Å². The molecule has 11 heteroatoms. The SMILES string of the molecule is CCN(CC)S(=O)(=O)c1ccc(N2CCOCC2)c(C(=O)Nc2ccc(C(=O)OC)s2)c1. The molecule has 0 unspecified atom stereocenters. The van der Waals surface area contributed by atoms with Crippen LogP contribution in [0.15, 0.2) is 35.2 Å². The topological polar surface area (TPSA) is 105 Å². The first-order chi connectivity index (χ1) is 15.3. The molecule has 0 bridgehead atoms. The standard InChI is InChI=1S/C21H27N3O6S2/c1-4-24(5-2)32(27,28)15-6-7-17(23-10-12-30-13-11-23)16(14-15)20(25)22-19-9-8-18(31-19)21(26)29-3/h6-9,14H,4-5,10-13H2,1-3H3,(H,22,25). The average molecular weight is 482 g/mol. The van der Waals surface area contributed by atoms with Crippen molar-refractivity contribution in [2.75, 3.05) is 56.7 Å². The van der Waals surface area contributed by atoms with Crippen LogP contribution >= 0.6 is 11.3 Å². The van der Waals surface area contributed by atoms with Gasteiger partial charge in [-0.25, -0.2) is 13.2 Å². The molecule has 0 aliphatic carbocycles. The van der Waals surface area contributed by atoms with E-state index in [-0.39, 0.29) is 10.5 Å². The third-order valence-corrected chi connectivity index (χ3v) is 8.16. The number of nitrogens with zero attached hydrogens (tertiary/aromatic N) is 2. The number of anilines is 2. The molecule has 3 rings (SSSR count). The monoisotopic (exact) mass is 481 g/mol. The van der Waals surface area contributed by atoms with Gasteiger partial charge in [0, 0.05) is 31.9 Å². The molecule has 1 aliphatic heterocycles. The zero-order valence-electron chi connectivity index (χ0n) is 18.3. The van der Waals surface area contributed by atoms with Crippen molar-refractivity contribution in [2.45, 2.75) is 18.7 Å². The molecule has 1 N–H and O–H groups in total. The van der Waals surface area contributed by atoms with Gasteiger partial charge in [0.25, 0.3) is 5.91 Å². The van der Waals surface area contributed by atoms with Gasteiger partial charge in [0.2, 0.25) is 10.0 Å². The Morgan fingerprint density at radius 2 is 1.84 bits per heavy atom. The number of carbonyl (C=O) groups excluding carboxylic acids is 2. The lowest BCUT2D eigenvalue weighted by molar-refractivity contribution is 0.0606. The summed E-state index contributed by atoms with van der Waals surface area (Å²) in [6, 6.07) is 7.80. The van der Waals surface area contributed by atoms with E-state index in [1.807, 2.05) is 4.90 Å². The van der Waals surface area contributed by atoms with Gasteiger partial charge < -0.3 is 19.7 Å². The van der Waals surface area contributed by atoms with Crippen LogP contribution in [0.25, 0.3) is 0 Å². The van der Waals surface area contributed by atoms with Gasteiger partial charge in [0.15, 0.2) is 0 Å². The van der Waals surface area contributed by atoms with Crippen molar-refractivity contribution < 1.29 is 27.5 Å². The number of sulfonamides is 1. The average Bonchev–Trinajstić information content (AvgIpc) is 3.27. The number of nitrogens with one attached hydrogen (secondary N) is 1. The number of methoxy groups -OCH3 is 1. The maximum atomic E-state index is 13.2. The van der Waals surface area contributed by atoms with Crippen LogP contribution in [-0.2, 0) is 19.5 Å². The third kappa shape index (κ3) is 5.12. The molecular formula is C21H27N3O6S2. The van der Waals surface area contributed by atoms with E-state index in [1.54, 1.807) is 32.0 Å². The molecule has 1 amide bonds. The Hall–Kier alpha value is -2.47. The highest BCUT2D eigenvalue weighted by Crippen LogP contribution is 2.29. The second-order valence-electron chi connectivity index (χ2n) is 6.98. The van der Waals surface area contributed by atoms with E-state index in [0.717, 1.165) is 11.3 Å². The minimum Gasteiger partial charge on any atom is -0.465 e. The van der Waals surface area contributed by atoms with E-state index >= 15 is 0 Å². The highest BCUT2D eigenvalue weighted by Gasteiger charge is 2.26. The fourth-order valence-corrected chi connectivity index (χ4v) is 5.75. The van der Waals surface area contributed by atoms with Crippen LogP contribution in [0.2, 0.25) is 0 Å². The summed E-state index contributed by atoms with van der Waals surface area (Å²) in [5, 5.41) is 3.24. The number of esters is 1. The van der Waals surface area contributed by atoms with E-state index < -0.39 is 21.9 Å². The largest absolute Gasteiger partial charge is 0.465 e. The number of benzene rings is 1. The first-order valence-electron chi connectivity index (χ1n) is 10.3. The lowest BCUT2D eigenvalue weighted by Crippen LogP contribution is -2.37. The normalized spacial score (nSPS) is 14.4. The molecule has 1 aliphatic rings. The first-order valence-corrected chi connectivity index (χ1v) is 12.5. The smallest absolute Gasteiger partial charge is 0.348 e. The van der Waals surface area contributed by atoms with Crippen molar-refractivity contribution in [3.05, 3.63) is 40.8 Å². The summed E-state index contributed by atoms with van der Waals surface area (Å²) in [4.78, 5) is 27.3. The lowest BCUT2D eigenvalue weighted by atomic mass is 10.1. The van der Waals surface area contributed by atoms with Crippen LogP contribution in [0.5, 0.6) is 0 Å². The molecule has 174 valence electrons. The highest BCUT2D eigenvalue weighted by atomic mass is 32.2. The van der Waals surface area contributed by atoms with E-state index in [0.29, 0.717) is 55.0 Å². The van der Waals surface area contributed by atoms with Crippen LogP contribution in [-0.4, -0.2) is 71.1 Å². The number of thiophene rings is 1. The summed E-state index contributed by atoms with van der Waals surface area (Å²) in [6.45, 7) is 6.43. The fraction of sp³-hybridized carbons (Fsp3) is 0.429. The van der Waals surface area contributed by atoms with Crippen molar-refractivity contribution >= 4 is 43.9 Å². The Bertz CT molecular complexity index is 1070. The summed E-state index contributed by atoms with van der Waals surface area (Å²) < 4.78 is 37.5. The minimum absolute atomic E-state index is 0.0600. The zero-order valence-corrected chi connectivity index (χ0v) is 19.9. The van der Waals surface area contributed by atoms with Gasteiger partial charge in [0.05, 0.1) is 35.8 Å². The lowest BCUT2D eigenvalue weighted by Gasteiger charge is -2.30. The van der Waals surface area contributed by atoms with Gasteiger partial charge in [0.1, 0.15) is 4.88 Å². The maximum Gasteiger partial charge on any atom is 0.348 e. The van der Waals surface area contributed by atoms with Gasteiger partial charge in [-0.3, -0.25) is 4.79 Å². The van der Waals surface area contributed by atoms with Crippen molar-refractivity contribution in [1.29, 1.82) is 0 Å². The van der Waals surface area contributed by atoms with Gasteiger partial charge >= 0.3 is 5.97 Å². The van der Waals surface area contributed by atoms with Crippen molar-refractivity contribution in [2.24, 2.45) is 0 Å². The Morgan fingerprint density at radius 3 is 2.47 bits per heavy atom. The molecule has 1 saturated heterocycles. The van der Waals surface area contributed by atoms with Gasteiger partial charge in [-0.15, -0.1) is 11.3 Å². The molecule has 0 spiro atoms. The number of morpholine rings is 1. The van der Waals surface area contributed by atoms with E-state index in [1.165, 1.54) is 23.5 Å². The maximum absolute atomic E-state index is 13.2. The minimum atomic E-state index is -3.74. The Morgan fingerprint density at radius 1 is 1.16 bits per heavy atom. The molecule has 9 nitrogen and oxygen atoms in total. The van der Waals surface area contributed by atoms with Gasteiger partial charge in [-0.05, 0) is 30.3 Å². The molecular weight excluding hydrogens is 454 g/mol. The second kappa shape index (κ2) is 10.4. The first kappa shape index (κ1) is 24.2. The predicted octanol–water partition coefficient (Wildman–Crippen LogP) is 2.65. The number of hydrogen-bond donors (Lipinski definition) is 1. The van der Waals surface area contributed by atoms with Crippen LogP contribution in [0.4, 0.5) is 10.7 Å². The molecule has 0 radical (unpaired) electrons. The van der Waals surface area contributed by atoms with Crippen molar-refractivity contribution in [3.8, 4) is 0 Å². The molecule has 1 aromatic carbocycles. The molecule has 2 aromatic rings. The van der Waals surface area contributed by atoms with E-state index in [4.69, 9.17) is 9.47 Å². The Balaban J connectivity index is 1.98. The van der Waals surface area contributed by atoms with E-state index in [2.05, 4.69) is 5.32 Å². The summed E-state index contributed by atoms with van der Waals surface area (Å²) in [5.41, 5.74) is 0.877. The number of hydrogen-bond acceptors (Lipinski definition) is 8. The molecule has 1 fully saturated rings. The summed E-state index contributed by atoms with van der Waals surface area (Å²) >= 11 is 1.09. The molecule has 0 saturated carbocycles. The van der Waals surface area contributed by atoms with Gasteiger partial charge in [-0.2, -0.15) is 4.31 Å². The van der Waals surface area contributed by atoms with Crippen LogP contribution in [0, 0.1) is 0 Å². The second-order valence-corrected chi connectivity index (χ2v) is 10.00. The Labute approximate surface area is 192 Å². The summed E-state index contributed by atoms with van der Waals surface area (Å²) in [5.74, 6) is -0.946.